The number of hydrogen-bond donors (Lipinski definition) is 2. The van der Waals surface area contributed by atoms with E-state index in [4.69, 9.17) is 5.11 Å². The maximum Gasteiger partial charge on any atom is 0.317 e. The van der Waals surface area contributed by atoms with Crippen molar-refractivity contribution >= 4 is 12.0 Å². The number of rotatable bonds is 4. The number of nitrogens with one attached hydrogen (secondary N) is 1. The number of nitrogens with zero attached hydrogens (tertiary/aromatic N) is 2. The van der Waals surface area contributed by atoms with Crippen LogP contribution in [0.3, 0.4) is 0 Å². The van der Waals surface area contributed by atoms with E-state index in [1.54, 1.807) is 11.9 Å². The van der Waals surface area contributed by atoms with Crippen molar-refractivity contribution in [3.05, 3.63) is 0 Å². The molecule has 6 heteroatoms. The number of urea groups is 1. The average molecular weight is 299 g/mol. The van der Waals surface area contributed by atoms with E-state index in [0.29, 0.717) is 0 Å². The van der Waals surface area contributed by atoms with Crippen LogP contribution in [-0.2, 0) is 4.79 Å². The molecule has 0 aromatic heterocycles. The lowest BCUT2D eigenvalue weighted by Gasteiger charge is -2.37. The van der Waals surface area contributed by atoms with Gasteiger partial charge < -0.3 is 20.2 Å². The van der Waals surface area contributed by atoms with Crippen molar-refractivity contribution in [3.8, 4) is 0 Å². The first-order valence-corrected chi connectivity index (χ1v) is 7.55. The molecule has 6 nitrogen and oxygen atoms in total. The Morgan fingerprint density at radius 1 is 1.33 bits per heavy atom. The predicted octanol–water partition coefficient (Wildman–Crippen LogP) is 1.61. The second-order valence-electron chi connectivity index (χ2n) is 7.11. The van der Waals surface area contributed by atoms with E-state index in [2.05, 4.69) is 17.3 Å². The second kappa shape index (κ2) is 7.11. The topological polar surface area (TPSA) is 72.9 Å². The fourth-order valence-electron chi connectivity index (χ4n) is 2.55. The largest absolute Gasteiger partial charge is 0.481 e. The molecule has 0 radical (unpaired) electrons. The van der Waals surface area contributed by atoms with Gasteiger partial charge in [-0.25, -0.2) is 4.79 Å². The van der Waals surface area contributed by atoms with E-state index < -0.39 is 5.97 Å². The molecule has 0 spiro atoms. The molecule has 2 amide bonds. The van der Waals surface area contributed by atoms with Gasteiger partial charge in [-0.2, -0.15) is 0 Å². The van der Waals surface area contributed by atoms with E-state index in [9.17, 15) is 9.59 Å². The molecule has 1 heterocycles. The maximum absolute atomic E-state index is 12.4. The van der Waals surface area contributed by atoms with Gasteiger partial charge in [0.2, 0.25) is 0 Å². The second-order valence-corrected chi connectivity index (χ2v) is 7.11. The van der Waals surface area contributed by atoms with Crippen LogP contribution in [0.25, 0.3) is 0 Å². The van der Waals surface area contributed by atoms with Crippen LogP contribution in [0.15, 0.2) is 0 Å². The Hall–Kier alpha value is -1.30. The minimum Gasteiger partial charge on any atom is -0.481 e. The van der Waals surface area contributed by atoms with Crippen LogP contribution in [0, 0.1) is 5.41 Å². The van der Waals surface area contributed by atoms with Gasteiger partial charge in [0.1, 0.15) is 0 Å². The van der Waals surface area contributed by atoms with Gasteiger partial charge in [0, 0.05) is 19.1 Å². The Bertz CT molecular complexity index is 371. The smallest absolute Gasteiger partial charge is 0.317 e. The number of likely N-dealkylation sites (tertiary alicyclic amines) is 1. The summed E-state index contributed by atoms with van der Waals surface area (Å²) in [6, 6.07) is -0.325. The number of carboxylic acids is 1. The molecular weight excluding hydrogens is 270 g/mol. The number of hydrogen-bond acceptors (Lipinski definition) is 3. The lowest BCUT2D eigenvalue weighted by molar-refractivity contribution is -0.138. The number of carbonyl (C=O) groups is 2. The highest BCUT2D eigenvalue weighted by atomic mass is 16.4. The molecule has 1 fully saturated rings. The number of carbonyl (C=O) groups excluding carboxylic acids is 1. The molecule has 1 saturated heterocycles. The average Bonchev–Trinajstić information content (AvgIpc) is 2.36. The van der Waals surface area contributed by atoms with Gasteiger partial charge in [0.15, 0.2) is 0 Å². The maximum atomic E-state index is 12.4. The normalized spacial score (nSPS) is 19.1. The third-order valence-electron chi connectivity index (χ3n) is 4.28. The molecule has 1 aliphatic heterocycles. The molecule has 0 saturated carbocycles. The molecule has 122 valence electrons. The van der Waals surface area contributed by atoms with Crippen LogP contribution in [0.2, 0.25) is 0 Å². The molecule has 2 N–H and O–H groups in total. The van der Waals surface area contributed by atoms with Crippen LogP contribution in [-0.4, -0.2) is 66.2 Å². The molecule has 0 aromatic rings. The van der Waals surface area contributed by atoms with Crippen molar-refractivity contribution < 1.29 is 14.7 Å². The SMILES string of the molecule is CN1CCC(N(C)C(=O)NC(CC(=O)O)C(C)(C)C)CC1. The van der Waals surface area contributed by atoms with Crippen molar-refractivity contribution in [2.45, 2.75) is 52.1 Å². The van der Waals surface area contributed by atoms with Gasteiger partial charge in [-0.15, -0.1) is 0 Å². The summed E-state index contributed by atoms with van der Waals surface area (Å²) in [5, 5.41) is 11.9. The van der Waals surface area contributed by atoms with Crippen molar-refractivity contribution in [2.75, 3.05) is 27.2 Å². The summed E-state index contributed by atoms with van der Waals surface area (Å²) in [5.41, 5.74) is -0.290. The van der Waals surface area contributed by atoms with Gasteiger partial charge >= 0.3 is 12.0 Å². The Morgan fingerprint density at radius 2 is 1.86 bits per heavy atom. The van der Waals surface area contributed by atoms with Crippen molar-refractivity contribution in [2.24, 2.45) is 5.41 Å². The van der Waals surface area contributed by atoms with Gasteiger partial charge in [-0.1, -0.05) is 20.8 Å². The van der Waals surface area contributed by atoms with E-state index >= 15 is 0 Å². The molecule has 1 atom stereocenters. The van der Waals surface area contributed by atoms with E-state index in [-0.39, 0.29) is 30.0 Å². The molecule has 21 heavy (non-hydrogen) atoms. The number of piperidine rings is 1. The monoisotopic (exact) mass is 299 g/mol. The van der Waals surface area contributed by atoms with Crippen LogP contribution in [0.4, 0.5) is 4.79 Å². The Balaban J connectivity index is 2.62. The summed E-state index contributed by atoms with van der Waals surface area (Å²) in [6.45, 7) is 7.80. The van der Waals surface area contributed by atoms with Gasteiger partial charge in [-0.3, -0.25) is 4.79 Å². The summed E-state index contributed by atoms with van der Waals surface area (Å²) >= 11 is 0. The molecular formula is C15H29N3O3. The fraction of sp³-hybridized carbons (Fsp3) is 0.867. The third kappa shape index (κ3) is 5.53. The minimum atomic E-state index is -0.892. The molecule has 0 aliphatic carbocycles. The Morgan fingerprint density at radius 3 is 2.29 bits per heavy atom. The highest BCUT2D eigenvalue weighted by molar-refractivity contribution is 5.76. The van der Waals surface area contributed by atoms with E-state index in [1.807, 2.05) is 20.8 Å². The fourth-order valence-corrected chi connectivity index (χ4v) is 2.55. The highest BCUT2D eigenvalue weighted by Crippen LogP contribution is 2.22. The van der Waals surface area contributed by atoms with Crippen molar-refractivity contribution in [1.82, 2.24) is 15.1 Å². The first-order valence-electron chi connectivity index (χ1n) is 7.55. The first-order chi connectivity index (χ1) is 9.61. The zero-order valence-electron chi connectivity index (χ0n) is 13.8. The van der Waals surface area contributed by atoms with Crippen molar-refractivity contribution in [3.63, 3.8) is 0 Å². The lowest BCUT2D eigenvalue weighted by Crippen LogP contribution is -2.53. The minimum absolute atomic E-state index is 0.0590. The highest BCUT2D eigenvalue weighted by Gasteiger charge is 2.31. The molecule has 1 unspecified atom stereocenters. The molecule has 1 rings (SSSR count). The number of amides is 2. The Labute approximate surface area is 127 Å². The number of carboxylic acid groups (broad SMARTS) is 1. The van der Waals surface area contributed by atoms with Gasteiger partial charge in [-0.05, 0) is 38.4 Å². The van der Waals surface area contributed by atoms with Crippen LogP contribution in [0.5, 0.6) is 0 Å². The third-order valence-corrected chi connectivity index (χ3v) is 4.28. The number of aliphatic carboxylic acids is 1. The zero-order valence-corrected chi connectivity index (χ0v) is 13.8. The standard InChI is InChI=1S/C15H29N3O3/c1-15(2,3)12(10-13(19)20)16-14(21)18(5)11-6-8-17(4)9-7-11/h11-12H,6-10H2,1-5H3,(H,16,21)(H,19,20). The van der Waals surface area contributed by atoms with Crippen LogP contribution in [0.1, 0.15) is 40.0 Å². The van der Waals surface area contributed by atoms with Gasteiger partial charge in [0.25, 0.3) is 0 Å². The van der Waals surface area contributed by atoms with Crippen LogP contribution >= 0.6 is 0 Å². The summed E-state index contributed by atoms with van der Waals surface area (Å²) < 4.78 is 0. The quantitative estimate of drug-likeness (QED) is 0.827. The summed E-state index contributed by atoms with van der Waals surface area (Å²) in [4.78, 5) is 27.3. The summed E-state index contributed by atoms with van der Waals surface area (Å²) in [6.07, 6.45) is 1.86. The lowest BCUT2D eigenvalue weighted by atomic mass is 9.85. The molecule has 0 bridgehead atoms. The first kappa shape index (κ1) is 17.8. The zero-order chi connectivity index (χ0) is 16.2. The van der Waals surface area contributed by atoms with E-state index in [1.165, 1.54) is 0 Å². The summed E-state index contributed by atoms with van der Waals surface area (Å²) in [5.74, 6) is -0.892. The predicted molar refractivity (Wildman–Crippen MR) is 82.3 cm³/mol. The molecule has 1 aliphatic rings. The molecule has 0 aromatic carbocycles. The van der Waals surface area contributed by atoms with Gasteiger partial charge in [0.05, 0.1) is 6.42 Å². The van der Waals surface area contributed by atoms with E-state index in [0.717, 1.165) is 25.9 Å². The van der Waals surface area contributed by atoms with Crippen LogP contribution < -0.4 is 5.32 Å². The Kier molecular flexibility index (Phi) is 6.01. The summed E-state index contributed by atoms with van der Waals surface area (Å²) in [7, 11) is 3.88. The van der Waals surface area contributed by atoms with Crippen molar-refractivity contribution in [1.29, 1.82) is 0 Å².